The third-order valence-electron chi connectivity index (χ3n) is 2.38. The number of aryl methyl sites for hydroxylation is 1. The van der Waals surface area contributed by atoms with Gasteiger partial charge in [-0.2, -0.15) is 0 Å². The fraction of sp³-hybridized carbons (Fsp3) is 0.462. The van der Waals surface area contributed by atoms with Gasteiger partial charge in [0.15, 0.2) is 0 Å². The zero-order chi connectivity index (χ0) is 13.9. The highest BCUT2D eigenvalue weighted by Gasteiger charge is 2.31. The lowest BCUT2D eigenvalue weighted by atomic mass is 10.2. The van der Waals surface area contributed by atoms with E-state index in [2.05, 4.69) is 0 Å². The Morgan fingerprint density at radius 2 is 2.11 bits per heavy atom. The molecule has 0 spiro atoms. The van der Waals surface area contributed by atoms with Gasteiger partial charge in [0.2, 0.25) is 0 Å². The van der Waals surface area contributed by atoms with Gasteiger partial charge < -0.3 is 9.84 Å². The van der Waals surface area contributed by atoms with Crippen LogP contribution in [-0.2, 0) is 9.53 Å². The van der Waals surface area contributed by atoms with Crippen LogP contribution >= 0.6 is 11.8 Å². The Hall–Kier alpha value is -1.23. The Morgan fingerprint density at radius 3 is 2.67 bits per heavy atom. The van der Waals surface area contributed by atoms with E-state index >= 15 is 0 Å². The molecule has 0 radical (unpaired) electrons. The minimum atomic E-state index is -0.875. The maximum Gasteiger partial charge on any atom is 0.321 e. The summed E-state index contributed by atoms with van der Waals surface area (Å²) < 4.78 is 17.7. The molecule has 0 aliphatic carbocycles. The molecule has 0 aromatic heterocycles. The second-order valence-electron chi connectivity index (χ2n) is 4.40. The first-order chi connectivity index (χ1) is 8.27. The molecule has 3 nitrogen and oxygen atoms in total. The molecule has 100 valence electrons. The first-order valence-electron chi connectivity index (χ1n) is 5.63. The monoisotopic (exact) mass is 272 g/mol. The number of hydrogen-bond acceptors (Lipinski definition) is 4. The highest BCUT2D eigenvalue weighted by molar-refractivity contribution is 8.01. The summed E-state index contributed by atoms with van der Waals surface area (Å²) in [7, 11) is 0. The fourth-order valence-electron chi connectivity index (χ4n) is 1.34. The lowest BCUT2D eigenvalue weighted by Gasteiger charge is -2.22. The third-order valence-corrected chi connectivity index (χ3v) is 3.59. The van der Waals surface area contributed by atoms with Gasteiger partial charge >= 0.3 is 5.97 Å². The van der Waals surface area contributed by atoms with Gasteiger partial charge in [-0.05, 0) is 39.3 Å². The van der Waals surface area contributed by atoms with Crippen molar-refractivity contribution in [1.29, 1.82) is 0 Å². The lowest BCUT2D eigenvalue weighted by molar-refractivity contribution is -0.145. The van der Waals surface area contributed by atoms with Crippen molar-refractivity contribution in [3.8, 4) is 5.75 Å². The summed E-state index contributed by atoms with van der Waals surface area (Å²) in [6.07, 6.45) is 0. The van der Waals surface area contributed by atoms with Crippen LogP contribution in [0, 0.1) is 12.7 Å². The molecular weight excluding hydrogens is 255 g/mol. The number of carbonyl (C=O) groups is 1. The van der Waals surface area contributed by atoms with E-state index in [0.29, 0.717) is 17.1 Å². The number of esters is 1. The molecule has 0 fully saturated rings. The normalized spacial score (nSPS) is 11.4. The van der Waals surface area contributed by atoms with Crippen LogP contribution in [0.3, 0.4) is 0 Å². The van der Waals surface area contributed by atoms with Crippen LogP contribution in [0.15, 0.2) is 17.0 Å². The Kier molecular flexibility index (Phi) is 4.62. The molecule has 0 atom stereocenters. The maximum atomic E-state index is 13.7. The van der Waals surface area contributed by atoms with Gasteiger partial charge in [-0.25, -0.2) is 4.39 Å². The smallest absolute Gasteiger partial charge is 0.321 e. The molecule has 18 heavy (non-hydrogen) atoms. The Labute approximate surface area is 110 Å². The Bertz CT molecular complexity index is 458. The molecule has 0 unspecified atom stereocenters. The minimum absolute atomic E-state index is 0.0919. The summed E-state index contributed by atoms with van der Waals surface area (Å²) in [5.74, 6) is -1.02. The second kappa shape index (κ2) is 5.61. The molecule has 0 bridgehead atoms. The number of hydrogen-bond donors (Lipinski definition) is 1. The Morgan fingerprint density at radius 1 is 1.50 bits per heavy atom. The van der Waals surface area contributed by atoms with Crippen molar-refractivity contribution in [3.05, 3.63) is 23.5 Å². The van der Waals surface area contributed by atoms with Crippen LogP contribution in [-0.4, -0.2) is 22.4 Å². The van der Waals surface area contributed by atoms with Crippen molar-refractivity contribution in [2.24, 2.45) is 0 Å². The third kappa shape index (κ3) is 3.38. The maximum absolute atomic E-state index is 13.7. The lowest BCUT2D eigenvalue weighted by Crippen LogP contribution is -2.30. The van der Waals surface area contributed by atoms with Crippen LogP contribution in [0.5, 0.6) is 5.75 Å². The summed E-state index contributed by atoms with van der Waals surface area (Å²) in [4.78, 5) is 12.0. The number of rotatable bonds is 4. The van der Waals surface area contributed by atoms with Gasteiger partial charge in [0.1, 0.15) is 16.3 Å². The van der Waals surface area contributed by atoms with Crippen molar-refractivity contribution >= 4 is 17.7 Å². The first-order valence-corrected chi connectivity index (χ1v) is 6.45. The highest BCUT2D eigenvalue weighted by atomic mass is 32.2. The van der Waals surface area contributed by atoms with Crippen LogP contribution in [0.1, 0.15) is 26.3 Å². The van der Waals surface area contributed by atoms with Crippen LogP contribution in [0.4, 0.5) is 4.39 Å². The van der Waals surface area contributed by atoms with E-state index in [1.807, 2.05) is 0 Å². The van der Waals surface area contributed by atoms with Crippen molar-refractivity contribution < 1.29 is 19.0 Å². The quantitative estimate of drug-likeness (QED) is 0.675. The molecule has 0 amide bonds. The summed E-state index contributed by atoms with van der Waals surface area (Å²) in [6, 6.07) is 2.58. The van der Waals surface area contributed by atoms with Crippen molar-refractivity contribution in [2.75, 3.05) is 6.61 Å². The van der Waals surface area contributed by atoms with Crippen LogP contribution in [0.2, 0.25) is 0 Å². The molecule has 1 N–H and O–H groups in total. The van der Waals surface area contributed by atoms with Gasteiger partial charge in [0.05, 0.1) is 6.61 Å². The average molecular weight is 272 g/mol. The number of carbonyl (C=O) groups excluding carboxylic acids is 1. The first kappa shape index (κ1) is 14.8. The molecule has 0 saturated heterocycles. The van der Waals surface area contributed by atoms with E-state index in [-0.39, 0.29) is 11.7 Å². The summed E-state index contributed by atoms with van der Waals surface area (Å²) in [5.41, 5.74) is 0.568. The van der Waals surface area contributed by atoms with Crippen molar-refractivity contribution in [3.63, 3.8) is 0 Å². The van der Waals surface area contributed by atoms with E-state index in [9.17, 15) is 14.3 Å². The fourth-order valence-corrected chi connectivity index (χ4v) is 2.43. The zero-order valence-corrected chi connectivity index (χ0v) is 11.7. The molecule has 0 saturated carbocycles. The van der Waals surface area contributed by atoms with Gasteiger partial charge in [-0.3, -0.25) is 4.79 Å². The molecule has 1 aromatic carbocycles. The van der Waals surface area contributed by atoms with Gasteiger partial charge in [0.25, 0.3) is 0 Å². The van der Waals surface area contributed by atoms with Crippen molar-refractivity contribution in [2.45, 2.75) is 37.3 Å². The number of phenolic OH excluding ortho intramolecular Hbond substituents is 1. The predicted molar refractivity (Wildman–Crippen MR) is 69.4 cm³/mol. The number of phenols is 1. The molecule has 1 aromatic rings. The van der Waals surface area contributed by atoms with E-state index < -0.39 is 10.6 Å². The number of benzene rings is 1. The number of ether oxygens (including phenoxy) is 1. The number of aromatic hydroxyl groups is 1. The molecule has 0 aliphatic rings. The second-order valence-corrected chi connectivity index (χ2v) is 6.07. The summed E-state index contributed by atoms with van der Waals surface area (Å²) in [6.45, 7) is 7.05. The van der Waals surface area contributed by atoms with Gasteiger partial charge in [-0.1, -0.05) is 0 Å². The number of thioether (sulfide) groups is 1. The molecular formula is C13H17FO3S. The van der Waals surface area contributed by atoms with E-state index in [1.165, 1.54) is 6.07 Å². The van der Waals surface area contributed by atoms with Gasteiger partial charge in [-0.15, -0.1) is 11.8 Å². The molecule has 0 aliphatic heterocycles. The van der Waals surface area contributed by atoms with E-state index in [1.54, 1.807) is 27.7 Å². The van der Waals surface area contributed by atoms with Gasteiger partial charge in [0, 0.05) is 11.0 Å². The molecule has 5 heteroatoms. The SMILES string of the molecule is CCOC(=O)C(C)(C)Sc1cc(C)c(O)cc1F. The van der Waals surface area contributed by atoms with E-state index in [0.717, 1.165) is 17.8 Å². The largest absolute Gasteiger partial charge is 0.508 e. The predicted octanol–water partition coefficient (Wildman–Crippen LogP) is 3.27. The average Bonchev–Trinajstić information content (AvgIpc) is 2.26. The number of halogens is 1. The Balaban J connectivity index is 2.97. The summed E-state index contributed by atoms with van der Waals surface area (Å²) >= 11 is 1.08. The highest BCUT2D eigenvalue weighted by Crippen LogP contribution is 2.37. The van der Waals surface area contributed by atoms with Crippen LogP contribution < -0.4 is 0 Å². The summed E-state index contributed by atoms with van der Waals surface area (Å²) in [5, 5.41) is 9.38. The zero-order valence-electron chi connectivity index (χ0n) is 10.9. The van der Waals surface area contributed by atoms with Crippen molar-refractivity contribution in [1.82, 2.24) is 0 Å². The molecule has 1 rings (SSSR count). The topological polar surface area (TPSA) is 46.5 Å². The molecule has 0 heterocycles. The minimum Gasteiger partial charge on any atom is -0.508 e. The van der Waals surface area contributed by atoms with E-state index in [4.69, 9.17) is 4.74 Å². The van der Waals surface area contributed by atoms with Crippen LogP contribution in [0.25, 0.3) is 0 Å². The standard InChI is InChI=1S/C13H17FO3S/c1-5-17-12(16)13(3,4)18-11-6-8(2)10(15)7-9(11)14/h6-7,15H,5H2,1-4H3.